The monoisotopic (exact) mass is 352 g/mol. The van der Waals surface area contributed by atoms with Crippen LogP contribution in [0.25, 0.3) is 22.8 Å². The Morgan fingerprint density at radius 3 is 2.85 bits per heavy atom. The van der Waals surface area contributed by atoms with Gasteiger partial charge in [0.25, 0.3) is 5.89 Å². The van der Waals surface area contributed by atoms with Gasteiger partial charge in [-0.2, -0.15) is 4.98 Å². The van der Waals surface area contributed by atoms with Crippen molar-refractivity contribution in [3.05, 3.63) is 48.5 Å². The number of rotatable bonds is 6. The van der Waals surface area contributed by atoms with E-state index >= 15 is 0 Å². The van der Waals surface area contributed by atoms with Crippen molar-refractivity contribution >= 4 is 11.7 Å². The van der Waals surface area contributed by atoms with Crippen LogP contribution in [0.1, 0.15) is 13.3 Å². The first-order chi connectivity index (χ1) is 12.7. The van der Waals surface area contributed by atoms with Gasteiger partial charge in [-0.1, -0.05) is 36.3 Å². The number of nitrogens with one attached hydrogen (secondary N) is 2. The van der Waals surface area contributed by atoms with Crippen LogP contribution in [0.4, 0.5) is 10.5 Å². The molecule has 0 spiro atoms. The summed E-state index contributed by atoms with van der Waals surface area (Å²) in [4.78, 5) is 16.2. The maximum atomic E-state index is 11.8. The second-order valence-corrected chi connectivity index (χ2v) is 5.59. The third-order valence-electron chi connectivity index (χ3n) is 3.68. The molecule has 7 heteroatoms. The molecule has 134 valence electrons. The number of carbonyl (C=O) groups excluding carboxylic acids is 1. The van der Waals surface area contributed by atoms with Crippen molar-refractivity contribution in [3.63, 3.8) is 0 Å². The zero-order chi connectivity index (χ0) is 18.4. The van der Waals surface area contributed by atoms with E-state index in [1.54, 1.807) is 19.2 Å². The topological polar surface area (TPSA) is 89.3 Å². The van der Waals surface area contributed by atoms with Crippen molar-refractivity contribution in [1.82, 2.24) is 15.5 Å². The number of hydrogen-bond donors (Lipinski definition) is 2. The second kappa shape index (κ2) is 8.15. The Labute approximate surface area is 151 Å². The molecule has 0 fully saturated rings. The molecule has 2 amide bonds. The molecule has 2 N–H and O–H groups in total. The Hall–Kier alpha value is -3.35. The number of para-hydroxylation sites is 1. The number of urea groups is 1. The van der Waals surface area contributed by atoms with E-state index in [-0.39, 0.29) is 6.03 Å². The van der Waals surface area contributed by atoms with Crippen molar-refractivity contribution in [2.24, 2.45) is 0 Å². The SMILES string of the molecule is CCCNC(=O)Nc1cccc(-c2noc(-c3ccccc3OC)n2)c1. The summed E-state index contributed by atoms with van der Waals surface area (Å²) in [5.41, 5.74) is 2.12. The van der Waals surface area contributed by atoms with Gasteiger partial charge < -0.3 is 19.9 Å². The number of anilines is 1. The average molecular weight is 352 g/mol. The predicted molar refractivity (Wildman–Crippen MR) is 99.0 cm³/mol. The Morgan fingerprint density at radius 1 is 1.19 bits per heavy atom. The number of ether oxygens (including phenoxy) is 1. The molecule has 7 nitrogen and oxygen atoms in total. The van der Waals surface area contributed by atoms with Crippen LogP contribution in [0.3, 0.4) is 0 Å². The molecule has 0 aliphatic heterocycles. The van der Waals surface area contributed by atoms with E-state index in [1.807, 2.05) is 43.3 Å². The lowest BCUT2D eigenvalue weighted by Gasteiger charge is -2.07. The number of hydrogen-bond acceptors (Lipinski definition) is 5. The molecule has 0 atom stereocenters. The maximum absolute atomic E-state index is 11.8. The van der Waals surface area contributed by atoms with Gasteiger partial charge in [0.1, 0.15) is 5.75 Å². The highest BCUT2D eigenvalue weighted by Crippen LogP contribution is 2.30. The molecule has 0 radical (unpaired) electrons. The molecule has 0 aliphatic carbocycles. The van der Waals surface area contributed by atoms with Gasteiger partial charge in [0.2, 0.25) is 5.82 Å². The number of nitrogens with zero attached hydrogens (tertiary/aromatic N) is 2. The number of carbonyl (C=O) groups is 1. The van der Waals surface area contributed by atoms with Crippen LogP contribution in [-0.4, -0.2) is 29.8 Å². The summed E-state index contributed by atoms with van der Waals surface area (Å²) in [5.74, 6) is 1.46. The van der Waals surface area contributed by atoms with E-state index in [9.17, 15) is 4.79 Å². The number of amides is 2. The van der Waals surface area contributed by atoms with Gasteiger partial charge in [0.15, 0.2) is 0 Å². The molecule has 0 bridgehead atoms. The van der Waals surface area contributed by atoms with Gasteiger partial charge in [0, 0.05) is 17.8 Å². The molecule has 3 rings (SSSR count). The number of aromatic nitrogens is 2. The van der Waals surface area contributed by atoms with Gasteiger partial charge in [-0.25, -0.2) is 4.79 Å². The minimum Gasteiger partial charge on any atom is -0.496 e. The van der Waals surface area contributed by atoms with Crippen molar-refractivity contribution in [1.29, 1.82) is 0 Å². The van der Waals surface area contributed by atoms with E-state index in [0.717, 1.165) is 17.5 Å². The molecule has 26 heavy (non-hydrogen) atoms. The Bertz CT molecular complexity index is 892. The van der Waals surface area contributed by atoms with E-state index in [4.69, 9.17) is 9.26 Å². The molecule has 1 heterocycles. The summed E-state index contributed by atoms with van der Waals surface area (Å²) in [6.07, 6.45) is 0.877. The molecule has 0 saturated carbocycles. The van der Waals surface area contributed by atoms with Gasteiger partial charge in [0.05, 0.1) is 12.7 Å². The molecular formula is C19H20N4O3. The lowest BCUT2D eigenvalue weighted by molar-refractivity contribution is 0.252. The predicted octanol–water partition coefficient (Wildman–Crippen LogP) is 3.94. The molecule has 0 saturated heterocycles. The van der Waals surface area contributed by atoms with Gasteiger partial charge in [-0.05, 0) is 30.7 Å². The Balaban J connectivity index is 1.81. The van der Waals surface area contributed by atoms with Crippen LogP contribution in [0.15, 0.2) is 53.1 Å². The summed E-state index contributed by atoms with van der Waals surface area (Å²) in [5, 5.41) is 9.59. The first kappa shape index (κ1) is 17.5. The molecule has 2 aromatic carbocycles. The lowest BCUT2D eigenvalue weighted by atomic mass is 10.2. The molecular weight excluding hydrogens is 332 g/mol. The van der Waals surface area contributed by atoms with Gasteiger partial charge >= 0.3 is 6.03 Å². The fourth-order valence-electron chi connectivity index (χ4n) is 2.42. The normalized spacial score (nSPS) is 10.4. The van der Waals surface area contributed by atoms with Crippen molar-refractivity contribution in [2.75, 3.05) is 19.0 Å². The summed E-state index contributed by atoms with van der Waals surface area (Å²) >= 11 is 0. The zero-order valence-electron chi connectivity index (χ0n) is 14.7. The highest BCUT2D eigenvalue weighted by molar-refractivity contribution is 5.89. The van der Waals surface area contributed by atoms with Crippen molar-refractivity contribution < 1.29 is 14.1 Å². The Morgan fingerprint density at radius 2 is 2.04 bits per heavy atom. The van der Waals surface area contributed by atoms with Crippen LogP contribution >= 0.6 is 0 Å². The minimum absolute atomic E-state index is 0.244. The fourth-order valence-corrected chi connectivity index (χ4v) is 2.42. The van der Waals surface area contributed by atoms with Gasteiger partial charge in [-0.15, -0.1) is 0 Å². The molecule has 0 aliphatic rings. The third-order valence-corrected chi connectivity index (χ3v) is 3.68. The summed E-state index contributed by atoms with van der Waals surface area (Å²) < 4.78 is 10.7. The average Bonchev–Trinajstić information content (AvgIpc) is 3.16. The zero-order valence-corrected chi connectivity index (χ0v) is 14.7. The lowest BCUT2D eigenvalue weighted by Crippen LogP contribution is -2.29. The van der Waals surface area contributed by atoms with Crippen molar-refractivity contribution in [3.8, 4) is 28.6 Å². The molecule has 3 aromatic rings. The van der Waals surface area contributed by atoms with Crippen LogP contribution in [0, 0.1) is 0 Å². The third kappa shape index (κ3) is 4.00. The quantitative estimate of drug-likeness (QED) is 0.701. The fraction of sp³-hybridized carbons (Fsp3) is 0.211. The second-order valence-electron chi connectivity index (χ2n) is 5.59. The van der Waals surface area contributed by atoms with Crippen LogP contribution < -0.4 is 15.4 Å². The number of benzene rings is 2. The first-order valence-electron chi connectivity index (χ1n) is 8.33. The summed E-state index contributed by atoms with van der Waals surface area (Å²) in [7, 11) is 1.59. The van der Waals surface area contributed by atoms with E-state index in [1.165, 1.54) is 0 Å². The van der Waals surface area contributed by atoms with E-state index in [2.05, 4.69) is 20.8 Å². The van der Waals surface area contributed by atoms with Gasteiger partial charge in [-0.3, -0.25) is 0 Å². The Kier molecular flexibility index (Phi) is 5.48. The van der Waals surface area contributed by atoms with Crippen LogP contribution in [-0.2, 0) is 0 Å². The van der Waals surface area contributed by atoms with Crippen molar-refractivity contribution in [2.45, 2.75) is 13.3 Å². The van der Waals surface area contributed by atoms with E-state index in [0.29, 0.717) is 29.7 Å². The molecule has 0 unspecified atom stereocenters. The van der Waals surface area contributed by atoms with E-state index < -0.39 is 0 Å². The summed E-state index contributed by atoms with van der Waals surface area (Å²) in [6.45, 7) is 2.62. The highest BCUT2D eigenvalue weighted by Gasteiger charge is 2.14. The van der Waals surface area contributed by atoms with Crippen LogP contribution in [0.5, 0.6) is 5.75 Å². The smallest absolute Gasteiger partial charge is 0.319 e. The molecule has 1 aromatic heterocycles. The minimum atomic E-state index is -0.244. The maximum Gasteiger partial charge on any atom is 0.319 e. The summed E-state index contributed by atoms with van der Waals surface area (Å²) in [6, 6.07) is 14.5. The number of methoxy groups -OCH3 is 1. The highest BCUT2D eigenvalue weighted by atomic mass is 16.5. The van der Waals surface area contributed by atoms with Crippen LogP contribution in [0.2, 0.25) is 0 Å². The largest absolute Gasteiger partial charge is 0.496 e. The first-order valence-corrected chi connectivity index (χ1v) is 8.33. The standard InChI is InChI=1S/C19H20N4O3/c1-3-11-20-19(24)21-14-8-6-7-13(12-14)17-22-18(26-23-17)15-9-4-5-10-16(15)25-2/h4-10,12H,3,11H2,1-2H3,(H2,20,21,24).